The Balaban J connectivity index is 1.76. The van der Waals surface area contributed by atoms with Gasteiger partial charge in [-0.15, -0.1) is 0 Å². The van der Waals surface area contributed by atoms with Crippen LogP contribution in [0.3, 0.4) is 0 Å². The van der Waals surface area contributed by atoms with Gasteiger partial charge in [0.2, 0.25) is 5.76 Å². The number of ether oxygens (including phenoxy) is 1. The molecule has 3 heterocycles. The zero-order chi connectivity index (χ0) is 22.4. The summed E-state index contributed by atoms with van der Waals surface area (Å²) in [4.78, 5) is 44.5. The molecule has 1 aliphatic heterocycles. The molecule has 1 amide bonds. The number of benzene rings is 2. The van der Waals surface area contributed by atoms with E-state index in [9.17, 15) is 14.4 Å². The third-order valence-electron chi connectivity index (χ3n) is 5.38. The Hall–Kier alpha value is -3.97. The lowest BCUT2D eigenvalue weighted by Gasteiger charge is -2.24. The van der Waals surface area contributed by atoms with Crippen molar-refractivity contribution in [3.8, 4) is 0 Å². The minimum absolute atomic E-state index is 0.0440. The predicted molar refractivity (Wildman–Crippen MR) is 118 cm³/mol. The van der Waals surface area contributed by atoms with E-state index in [0.29, 0.717) is 22.0 Å². The molecule has 8 heteroatoms. The minimum atomic E-state index is -0.793. The number of pyridine rings is 1. The Morgan fingerprint density at radius 1 is 1.09 bits per heavy atom. The average Bonchev–Trinajstić information content (AvgIpc) is 3.12. The van der Waals surface area contributed by atoms with Crippen LogP contribution >= 0.6 is 11.6 Å². The fraction of sp³-hybridized carbons (Fsp3) is 0.0833. The molecule has 1 aliphatic rings. The number of rotatable bonds is 3. The maximum atomic E-state index is 13.5. The Morgan fingerprint density at radius 2 is 1.88 bits per heavy atom. The summed E-state index contributed by atoms with van der Waals surface area (Å²) in [7, 11) is 1.30. The van der Waals surface area contributed by atoms with Crippen LogP contribution in [0.1, 0.15) is 38.1 Å². The molecular weight excluding hydrogens is 432 g/mol. The van der Waals surface area contributed by atoms with E-state index < -0.39 is 17.9 Å². The third kappa shape index (κ3) is 3.06. The second kappa shape index (κ2) is 7.62. The number of esters is 1. The maximum absolute atomic E-state index is 13.5. The van der Waals surface area contributed by atoms with Gasteiger partial charge in [0.25, 0.3) is 5.91 Å². The number of halogens is 1. The molecule has 0 unspecified atom stereocenters. The third-order valence-corrected chi connectivity index (χ3v) is 5.61. The van der Waals surface area contributed by atoms with Gasteiger partial charge in [-0.2, -0.15) is 0 Å². The normalized spacial score (nSPS) is 15.1. The van der Waals surface area contributed by atoms with Crippen LogP contribution in [-0.2, 0) is 4.74 Å². The fourth-order valence-electron chi connectivity index (χ4n) is 3.91. The molecule has 0 saturated carbocycles. The number of nitrogens with zero attached hydrogens (tertiary/aromatic N) is 2. The van der Waals surface area contributed by atoms with Crippen molar-refractivity contribution < 1.29 is 18.7 Å². The largest absolute Gasteiger partial charge is 0.465 e. The molecule has 5 rings (SSSR count). The topological polar surface area (TPSA) is 89.7 Å². The smallest absolute Gasteiger partial charge is 0.337 e. The van der Waals surface area contributed by atoms with Gasteiger partial charge in [0.15, 0.2) is 5.43 Å². The highest BCUT2D eigenvalue weighted by atomic mass is 35.5. The van der Waals surface area contributed by atoms with Crippen LogP contribution in [0, 0.1) is 0 Å². The van der Waals surface area contributed by atoms with Crippen LogP contribution in [0.5, 0.6) is 0 Å². The number of carbonyl (C=O) groups excluding carboxylic acids is 2. The van der Waals surface area contributed by atoms with Crippen LogP contribution in [0.15, 0.2) is 76.1 Å². The van der Waals surface area contributed by atoms with Gasteiger partial charge in [-0.3, -0.25) is 14.5 Å². The van der Waals surface area contributed by atoms with Crippen molar-refractivity contribution in [3.63, 3.8) is 0 Å². The number of hydrogen-bond acceptors (Lipinski definition) is 6. The van der Waals surface area contributed by atoms with Gasteiger partial charge in [0.05, 0.1) is 29.7 Å². The Bertz CT molecular complexity index is 1430. The average molecular weight is 447 g/mol. The summed E-state index contributed by atoms with van der Waals surface area (Å²) >= 11 is 6.10. The van der Waals surface area contributed by atoms with Gasteiger partial charge < -0.3 is 9.15 Å². The standard InChI is InChI=1S/C24H15ClN2O5/c1-31-24(30)14-7-5-13(6-8-14)20-19-21(28)16-12-15(25)9-10-17(16)32-22(19)23(29)27(20)18-4-2-3-11-26-18/h2-12,20H,1H3/t20-/m1/s1. The van der Waals surface area contributed by atoms with Crippen LogP contribution in [0.2, 0.25) is 5.02 Å². The van der Waals surface area contributed by atoms with E-state index in [0.717, 1.165) is 0 Å². The zero-order valence-electron chi connectivity index (χ0n) is 16.7. The fourth-order valence-corrected chi connectivity index (χ4v) is 4.08. The van der Waals surface area contributed by atoms with Crippen molar-refractivity contribution in [2.24, 2.45) is 0 Å². The molecule has 2 aromatic carbocycles. The quantitative estimate of drug-likeness (QED) is 0.434. The molecule has 0 fully saturated rings. The Labute approximate surface area is 186 Å². The first-order valence-electron chi connectivity index (χ1n) is 9.68. The molecule has 2 aromatic heterocycles. The molecule has 0 bridgehead atoms. The van der Waals surface area contributed by atoms with Gasteiger partial charge in [-0.1, -0.05) is 29.8 Å². The van der Waals surface area contributed by atoms with Crippen molar-refractivity contribution in [1.29, 1.82) is 0 Å². The highest BCUT2D eigenvalue weighted by Crippen LogP contribution is 2.40. The predicted octanol–water partition coefficient (Wildman–Crippen LogP) is 4.38. The van der Waals surface area contributed by atoms with Crippen LogP contribution < -0.4 is 10.3 Å². The summed E-state index contributed by atoms with van der Waals surface area (Å²) in [6, 6.07) is 15.6. The van der Waals surface area contributed by atoms with Crippen molar-refractivity contribution in [1.82, 2.24) is 4.98 Å². The highest BCUT2D eigenvalue weighted by molar-refractivity contribution is 6.31. The van der Waals surface area contributed by atoms with Gasteiger partial charge in [0.1, 0.15) is 11.4 Å². The summed E-state index contributed by atoms with van der Waals surface area (Å²) in [5, 5.41) is 0.665. The van der Waals surface area contributed by atoms with E-state index >= 15 is 0 Å². The summed E-state index contributed by atoms with van der Waals surface area (Å²) in [5.74, 6) is -0.638. The monoisotopic (exact) mass is 446 g/mol. The van der Waals surface area contributed by atoms with Gasteiger partial charge in [-0.25, -0.2) is 9.78 Å². The zero-order valence-corrected chi connectivity index (χ0v) is 17.5. The van der Waals surface area contributed by atoms with E-state index in [4.69, 9.17) is 20.8 Å². The molecule has 4 aromatic rings. The first-order chi connectivity index (χ1) is 15.5. The highest BCUT2D eigenvalue weighted by Gasteiger charge is 2.44. The van der Waals surface area contributed by atoms with E-state index in [1.165, 1.54) is 18.1 Å². The van der Waals surface area contributed by atoms with E-state index in [-0.39, 0.29) is 27.7 Å². The molecule has 0 radical (unpaired) electrons. The number of amides is 1. The lowest BCUT2D eigenvalue weighted by molar-refractivity contribution is 0.0600. The number of carbonyl (C=O) groups is 2. The van der Waals surface area contributed by atoms with Crippen molar-refractivity contribution in [2.75, 3.05) is 12.0 Å². The first-order valence-corrected chi connectivity index (χ1v) is 10.1. The first kappa shape index (κ1) is 20.0. The maximum Gasteiger partial charge on any atom is 0.337 e. The number of fused-ring (bicyclic) bond motifs is 2. The molecule has 0 spiro atoms. The molecule has 0 N–H and O–H groups in total. The Morgan fingerprint density at radius 3 is 2.56 bits per heavy atom. The molecule has 158 valence electrons. The molecule has 7 nitrogen and oxygen atoms in total. The SMILES string of the molecule is COC(=O)c1ccc([C@@H]2c3c(oc4ccc(Cl)cc4c3=O)C(=O)N2c2ccccn2)cc1. The number of aromatic nitrogens is 1. The van der Waals surface area contributed by atoms with Gasteiger partial charge in [0, 0.05) is 11.2 Å². The molecule has 1 atom stereocenters. The molecule has 0 aliphatic carbocycles. The van der Waals surface area contributed by atoms with Crippen LogP contribution in [0.25, 0.3) is 11.0 Å². The number of anilines is 1. The van der Waals surface area contributed by atoms with E-state index in [1.54, 1.807) is 60.8 Å². The lowest BCUT2D eigenvalue weighted by Crippen LogP contribution is -2.30. The van der Waals surface area contributed by atoms with Gasteiger partial charge in [-0.05, 0) is 48.0 Å². The van der Waals surface area contributed by atoms with Crippen LogP contribution in [-0.4, -0.2) is 24.0 Å². The molecule has 32 heavy (non-hydrogen) atoms. The van der Waals surface area contributed by atoms with E-state index in [2.05, 4.69) is 4.98 Å². The van der Waals surface area contributed by atoms with Crippen molar-refractivity contribution in [2.45, 2.75) is 6.04 Å². The number of methoxy groups -OCH3 is 1. The van der Waals surface area contributed by atoms with Crippen molar-refractivity contribution in [3.05, 3.63) is 105 Å². The summed E-state index contributed by atoms with van der Waals surface area (Å²) in [6.07, 6.45) is 1.56. The Kier molecular flexibility index (Phi) is 4.75. The molecule has 0 saturated heterocycles. The second-order valence-corrected chi connectivity index (χ2v) is 7.63. The summed E-state index contributed by atoms with van der Waals surface area (Å²) in [5.41, 5.74) is 1.08. The van der Waals surface area contributed by atoms with Crippen molar-refractivity contribution >= 4 is 40.3 Å². The number of hydrogen-bond donors (Lipinski definition) is 0. The summed E-state index contributed by atoms with van der Waals surface area (Å²) < 4.78 is 10.6. The summed E-state index contributed by atoms with van der Waals surface area (Å²) in [6.45, 7) is 0. The lowest BCUT2D eigenvalue weighted by atomic mass is 9.97. The van der Waals surface area contributed by atoms with Crippen LogP contribution in [0.4, 0.5) is 5.82 Å². The minimum Gasteiger partial charge on any atom is -0.465 e. The second-order valence-electron chi connectivity index (χ2n) is 7.19. The van der Waals surface area contributed by atoms with Gasteiger partial charge >= 0.3 is 5.97 Å². The van der Waals surface area contributed by atoms with E-state index in [1.807, 2.05) is 0 Å². The molecular formula is C24H15ClN2O5.